The van der Waals surface area contributed by atoms with Crippen LogP contribution in [0.1, 0.15) is 11.6 Å². The van der Waals surface area contributed by atoms with Crippen molar-refractivity contribution < 1.29 is 42.3 Å². The van der Waals surface area contributed by atoms with E-state index in [0.29, 0.717) is 0 Å². The Morgan fingerprint density at radius 1 is 0.697 bits per heavy atom. The molecule has 14 nitrogen and oxygen atoms in total. The Morgan fingerprint density at radius 3 is 1.48 bits per heavy atom. The number of nitrogens with one attached hydrogen (secondary N) is 2. The molecule has 0 bridgehead atoms. The van der Waals surface area contributed by atoms with Crippen LogP contribution in [0.25, 0.3) is 0 Å². The summed E-state index contributed by atoms with van der Waals surface area (Å²) in [6.45, 7) is 0. The van der Waals surface area contributed by atoms with Crippen molar-refractivity contribution >= 4 is 23.7 Å². The molecule has 5 N–H and O–H groups in total. The van der Waals surface area contributed by atoms with E-state index < -0.39 is 0 Å². The zero-order valence-electron chi connectivity index (χ0n) is 17.4. The molecule has 4 heterocycles. The Balaban J connectivity index is 0.00000181. The monoisotopic (exact) mass is 1220 g/mol. The molecule has 0 aliphatic rings. The first-order valence-electron chi connectivity index (χ1n) is 8.18. The predicted molar refractivity (Wildman–Crippen MR) is 93.2 cm³/mol. The second-order valence-electron chi connectivity index (χ2n) is 5.96. The van der Waals surface area contributed by atoms with Gasteiger partial charge in [0.05, 0.1) is 6.42 Å². The largest absolute Gasteiger partial charge is 0.515 e. The molecule has 0 spiro atoms. The van der Waals surface area contributed by atoms with Gasteiger partial charge in [-0.15, -0.1) is 0 Å². The maximum atomic E-state index is 9.97. The molecule has 17 heteroatoms. The Morgan fingerprint density at radius 2 is 1.12 bits per heavy atom. The number of nitrogens with zero attached hydrogens (tertiary/aromatic N) is 6. The minimum absolute atomic E-state index is 0. The van der Waals surface area contributed by atoms with Crippen molar-refractivity contribution in [3.8, 4) is 17.6 Å². The molecule has 0 radical (unpaired) electrons. The van der Waals surface area contributed by atoms with Gasteiger partial charge in [0, 0.05) is 21.1 Å². The van der Waals surface area contributed by atoms with Crippen LogP contribution in [0.15, 0.2) is 32.4 Å². The summed E-state index contributed by atoms with van der Waals surface area (Å²) in [7, 11) is 10.6. The molecule has 0 amide bonds. The molecular formula is C16H16N8O6Rf3. The van der Waals surface area contributed by atoms with E-state index in [1.165, 1.54) is 19.2 Å². The van der Waals surface area contributed by atoms with Crippen LogP contribution in [-0.2, 0) is 6.42 Å². The molecular weight excluding hydrogens is 1200 g/mol. The Labute approximate surface area is 168 Å². The van der Waals surface area contributed by atoms with Gasteiger partial charge in [0.15, 0.2) is 5.76 Å². The molecule has 0 unspecified atom stereocenters. The van der Waals surface area contributed by atoms with Gasteiger partial charge in [0.1, 0.15) is 5.82 Å². The van der Waals surface area contributed by atoms with Crippen molar-refractivity contribution in [3.05, 3.63) is 51.9 Å². The van der Waals surface area contributed by atoms with Crippen molar-refractivity contribution in [2.24, 2.45) is 0 Å². The molecule has 33 heavy (non-hydrogen) atoms. The van der Waals surface area contributed by atoms with Crippen molar-refractivity contribution in [2.75, 3.05) is 10.6 Å². The summed E-state index contributed by atoms with van der Waals surface area (Å²) in [5.41, 5.74) is 0. The van der Waals surface area contributed by atoms with E-state index in [2.05, 4.69) is 46.7 Å². The topological polar surface area (TPSA) is 174 Å². The third kappa shape index (κ3) is 3.93. The predicted octanol–water partition coefficient (Wildman–Crippen LogP) is -0.373. The van der Waals surface area contributed by atoms with Gasteiger partial charge in [0.2, 0.25) is 42.8 Å². The first-order valence-corrected chi connectivity index (χ1v) is 8.18. The Kier molecular flexibility index (Phi) is 5.71. The average molecular weight is 1220 g/mol. The van der Waals surface area contributed by atoms with Gasteiger partial charge >= 0.3 is 17.6 Å². The molecule has 0 atom stereocenters. The van der Waals surface area contributed by atoms with Crippen molar-refractivity contribution in [1.82, 2.24) is 15.0 Å². The zero-order chi connectivity index (χ0) is 21.4. The van der Waals surface area contributed by atoms with Gasteiger partial charge < -0.3 is 28.6 Å². The number of hydrogen-bond donors (Lipinski definition) is 5. The smallest absolute Gasteiger partial charge is 0.323 e. The fourth-order valence-electron chi connectivity index (χ4n) is 2.34. The van der Waals surface area contributed by atoms with Crippen LogP contribution in [0.2, 0.25) is 0 Å². The van der Waals surface area contributed by atoms with E-state index in [1.807, 2.05) is 0 Å². The van der Waals surface area contributed by atoms with E-state index in [-0.39, 0.29) is 59.3 Å². The molecule has 4 rings (SSSR count). The number of hydrogen-bond acceptors (Lipinski definition) is 11. The molecule has 162 valence electrons. The van der Waals surface area contributed by atoms with Gasteiger partial charge in [0.25, 0.3) is 0 Å². The standard InChI is InChI=1S/C16H16N8O6.3Rf/c1-22-5-28-8(12(22)25)4-9-17-15(19-10-13(26)23(2)6-29-10)21-16(18-9)20-11-14(27)24(3)7-30-11;;;/h5-7,25-27H,1-4H2,(H2,17,18,19,20,21);;;. The number of rotatable bonds is 6. The Hall–Kier alpha value is -7.75. The molecule has 0 saturated carbocycles. The fraction of sp³-hybridized carbons (Fsp3) is 0.0625. The number of oxazole rings is 3. The minimum Gasteiger partial charge on any atom is -0.515 e. The summed E-state index contributed by atoms with van der Waals surface area (Å²) in [5.74, 6) is -0.692. The fourth-order valence-corrected chi connectivity index (χ4v) is 2.34. The quantitative estimate of drug-likeness (QED) is 0.126. The van der Waals surface area contributed by atoms with Gasteiger partial charge in [-0.05, 0) is 0 Å². The Bertz CT molecular complexity index is 1070. The molecule has 0 aliphatic carbocycles. The van der Waals surface area contributed by atoms with Crippen LogP contribution in [0.4, 0.5) is 23.7 Å². The molecule has 4 aromatic heterocycles. The van der Waals surface area contributed by atoms with Crippen LogP contribution in [0, 0.1) is 21.1 Å². The number of aromatic hydroxyl groups is 3. The molecule has 0 fully saturated rings. The molecule has 0 saturated heterocycles. The van der Waals surface area contributed by atoms with Crippen LogP contribution in [-0.4, -0.2) is 30.3 Å². The van der Waals surface area contributed by atoms with Gasteiger partial charge in [-0.2, -0.15) is 15.0 Å². The summed E-state index contributed by atoms with van der Waals surface area (Å²) >= 11 is 0. The first-order chi connectivity index (χ1) is 14.3. The van der Waals surface area contributed by atoms with Crippen molar-refractivity contribution in [2.45, 2.75) is 6.42 Å². The molecule has 0 aromatic carbocycles. The van der Waals surface area contributed by atoms with Crippen LogP contribution < -0.4 is 24.3 Å². The zero-order valence-corrected chi connectivity index (χ0v) is 36.6. The number of anilines is 4. The van der Waals surface area contributed by atoms with E-state index in [1.54, 1.807) is 0 Å². The van der Waals surface area contributed by atoms with E-state index >= 15 is 0 Å². The van der Waals surface area contributed by atoms with Gasteiger partial charge in [-0.1, -0.05) is 0 Å². The second-order valence-corrected chi connectivity index (χ2v) is 5.96. The van der Waals surface area contributed by atoms with Crippen molar-refractivity contribution in [3.63, 3.8) is 0 Å². The first kappa shape index (κ1) is 23.3. The van der Waals surface area contributed by atoms with Crippen LogP contribution >= 0.6 is 0 Å². The van der Waals surface area contributed by atoms with E-state index in [4.69, 9.17) is 13.3 Å². The third-order valence-corrected chi connectivity index (χ3v) is 3.84. The number of aromatic nitrogens is 6. The minimum atomic E-state index is -0.296. The van der Waals surface area contributed by atoms with Gasteiger partial charge in [-0.25, -0.2) is 0 Å². The summed E-state index contributed by atoms with van der Waals surface area (Å²) in [5, 5.41) is 35.2. The second kappa shape index (κ2) is 8.09. The van der Waals surface area contributed by atoms with Gasteiger partial charge in [-0.3, -0.25) is 24.3 Å². The molecule has 0 aliphatic heterocycles. The van der Waals surface area contributed by atoms with Crippen molar-refractivity contribution in [1.29, 1.82) is 0 Å². The van der Waals surface area contributed by atoms with Crippen LogP contribution in [0.5, 0.6) is 17.6 Å². The van der Waals surface area contributed by atoms with Crippen LogP contribution in [0.3, 0.4) is 0 Å². The average Bonchev–Trinajstić information content (AvgIpc) is 3.32. The SMILES string of the molecule is [CH2-][n+]1coc(Cc2nc(Nc3oc[n+]([CH2-])c3O)nc(Nc3oc[n+]([CH2-])c3O)n2)c1O.[Rf].[Rf].[Rf]. The summed E-state index contributed by atoms with van der Waals surface area (Å²) < 4.78 is 18.8. The summed E-state index contributed by atoms with van der Waals surface area (Å²) in [4.78, 5) is 12.6. The normalized spacial score (nSPS) is 9.94. The summed E-state index contributed by atoms with van der Waals surface area (Å²) in [6, 6.07) is 0. The van der Waals surface area contributed by atoms with E-state index in [9.17, 15) is 15.3 Å². The third-order valence-electron chi connectivity index (χ3n) is 3.84. The maximum absolute atomic E-state index is 9.97. The molecule has 4 aromatic rings. The van der Waals surface area contributed by atoms with E-state index in [0.717, 1.165) is 13.7 Å². The maximum Gasteiger partial charge on any atom is 0.323 e. The summed E-state index contributed by atoms with van der Waals surface area (Å²) in [6.07, 6.45) is 3.52.